The number of rotatable bonds is 4. The fourth-order valence-electron chi connectivity index (χ4n) is 1.51. The van der Waals surface area contributed by atoms with Gasteiger partial charge in [-0.3, -0.25) is 14.9 Å². The fraction of sp³-hybridized carbons (Fsp3) is 0.0833. The van der Waals surface area contributed by atoms with Crippen molar-refractivity contribution in [3.8, 4) is 0 Å². The number of benzene rings is 1. The molecule has 2 aromatic rings. The maximum absolute atomic E-state index is 13.4. The van der Waals surface area contributed by atoms with Gasteiger partial charge in [0.1, 0.15) is 5.82 Å². The lowest BCUT2D eigenvalue weighted by Gasteiger charge is -2.05. The topological polar surface area (TPSA) is 110 Å². The third-order valence-corrected chi connectivity index (χ3v) is 2.56. The molecule has 2 N–H and O–H groups in total. The van der Waals surface area contributed by atoms with Crippen LogP contribution in [0.2, 0.25) is 0 Å². The minimum atomic E-state index is -1.03. The number of nitrogens with zero attached hydrogens (tertiary/aromatic N) is 3. The third kappa shape index (κ3) is 3.26. The van der Waals surface area contributed by atoms with Crippen molar-refractivity contribution in [1.82, 2.24) is 10.2 Å². The lowest BCUT2D eigenvalue weighted by atomic mass is 10.2. The predicted molar refractivity (Wildman–Crippen MR) is 72.6 cm³/mol. The molecular weight excluding hydrogens is 281 g/mol. The Hall–Kier alpha value is -3.10. The van der Waals surface area contributed by atoms with Crippen molar-refractivity contribution >= 4 is 23.1 Å². The summed E-state index contributed by atoms with van der Waals surface area (Å²) in [4.78, 5) is 21.5. The minimum absolute atomic E-state index is 0.0350. The summed E-state index contributed by atoms with van der Waals surface area (Å²) in [7, 11) is 1.66. The van der Waals surface area contributed by atoms with E-state index in [4.69, 9.17) is 0 Å². The molecule has 0 radical (unpaired) electrons. The summed E-state index contributed by atoms with van der Waals surface area (Å²) in [5.41, 5.74) is -0.540. The number of hydrogen-bond acceptors (Lipinski definition) is 6. The molecular formula is C12H10FN5O3. The van der Waals surface area contributed by atoms with Crippen LogP contribution in [0.3, 0.4) is 0 Å². The molecule has 2 rings (SSSR count). The van der Waals surface area contributed by atoms with Gasteiger partial charge in [-0.05, 0) is 18.2 Å². The van der Waals surface area contributed by atoms with Crippen molar-refractivity contribution in [2.75, 3.05) is 17.7 Å². The lowest BCUT2D eigenvalue weighted by Crippen LogP contribution is -2.14. The highest BCUT2D eigenvalue weighted by molar-refractivity contribution is 6.02. The van der Waals surface area contributed by atoms with Gasteiger partial charge >= 0.3 is 5.69 Å². The molecule has 1 heterocycles. The molecule has 0 saturated heterocycles. The number of nitrogens with one attached hydrogen (secondary N) is 2. The van der Waals surface area contributed by atoms with Crippen molar-refractivity contribution in [1.29, 1.82) is 0 Å². The second kappa shape index (κ2) is 5.90. The van der Waals surface area contributed by atoms with Crippen LogP contribution in [-0.4, -0.2) is 28.1 Å². The molecule has 0 unspecified atom stereocenters. The van der Waals surface area contributed by atoms with Gasteiger partial charge in [-0.2, -0.15) is 4.39 Å². The maximum Gasteiger partial charge on any atom is 0.304 e. The number of carbonyl (C=O) groups excluding carboxylic acids is 1. The molecule has 0 bridgehead atoms. The van der Waals surface area contributed by atoms with E-state index >= 15 is 0 Å². The summed E-state index contributed by atoms with van der Waals surface area (Å²) < 4.78 is 13.4. The first-order valence-electron chi connectivity index (χ1n) is 5.78. The lowest BCUT2D eigenvalue weighted by molar-refractivity contribution is -0.387. The SMILES string of the molecule is CNc1ccc(C(=O)Nc2ccc([N+](=O)[O-])c(F)c2)nn1. The zero-order chi connectivity index (χ0) is 15.4. The van der Waals surface area contributed by atoms with Crippen molar-refractivity contribution in [2.45, 2.75) is 0 Å². The van der Waals surface area contributed by atoms with Crippen molar-refractivity contribution in [3.05, 3.63) is 52.0 Å². The third-order valence-electron chi connectivity index (χ3n) is 2.56. The number of hydrogen-bond donors (Lipinski definition) is 2. The predicted octanol–water partition coefficient (Wildman–Crippen LogP) is 1.82. The summed E-state index contributed by atoms with van der Waals surface area (Å²) in [5, 5.41) is 23.0. The van der Waals surface area contributed by atoms with E-state index in [0.717, 1.165) is 12.1 Å². The Morgan fingerprint density at radius 2 is 2.05 bits per heavy atom. The van der Waals surface area contributed by atoms with E-state index in [-0.39, 0.29) is 11.4 Å². The van der Waals surface area contributed by atoms with Gasteiger partial charge in [0.25, 0.3) is 5.91 Å². The van der Waals surface area contributed by atoms with Crippen molar-refractivity contribution in [3.63, 3.8) is 0 Å². The summed E-state index contributed by atoms with van der Waals surface area (Å²) in [5.74, 6) is -1.14. The maximum atomic E-state index is 13.4. The van der Waals surface area contributed by atoms with Crippen LogP contribution in [0.4, 0.5) is 21.6 Å². The average Bonchev–Trinajstić information content (AvgIpc) is 2.47. The Kier molecular flexibility index (Phi) is 4.02. The first-order chi connectivity index (χ1) is 10.0. The Morgan fingerprint density at radius 1 is 1.29 bits per heavy atom. The molecule has 8 nitrogen and oxygen atoms in total. The van der Waals surface area contributed by atoms with Crippen LogP contribution in [0.5, 0.6) is 0 Å². The smallest absolute Gasteiger partial charge is 0.304 e. The summed E-state index contributed by atoms with van der Waals surface area (Å²) in [6.07, 6.45) is 0. The van der Waals surface area contributed by atoms with Gasteiger partial charge < -0.3 is 10.6 Å². The normalized spacial score (nSPS) is 10.0. The van der Waals surface area contributed by atoms with Crippen LogP contribution in [-0.2, 0) is 0 Å². The number of halogens is 1. The first kappa shape index (κ1) is 14.3. The summed E-state index contributed by atoms with van der Waals surface area (Å²) in [6, 6.07) is 6.06. The van der Waals surface area contributed by atoms with Crippen LogP contribution < -0.4 is 10.6 Å². The minimum Gasteiger partial charge on any atom is -0.372 e. The summed E-state index contributed by atoms with van der Waals surface area (Å²) >= 11 is 0. The van der Waals surface area contributed by atoms with Gasteiger partial charge in [0, 0.05) is 24.9 Å². The molecule has 0 fully saturated rings. The van der Waals surface area contributed by atoms with Crippen molar-refractivity contribution < 1.29 is 14.1 Å². The molecule has 0 aliphatic heterocycles. The Morgan fingerprint density at radius 3 is 2.57 bits per heavy atom. The van der Waals surface area contributed by atoms with E-state index in [1.807, 2.05) is 0 Å². The van der Waals surface area contributed by atoms with E-state index in [1.54, 1.807) is 13.1 Å². The highest BCUT2D eigenvalue weighted by Gasteiger charge is 2.15. The van der Waals surface area contributed by atoms with Crippen LogP contribution in [0.15, 0.2) is 30.3 Å². The first-order valence-corrected chi connectivity index (χ1v) is 5.78. The second-order valence-electron chi connectivity index (χ2n) is 3.93. The quantitative estimate of drug-likeness (QED) is 0.656. The van der Waals surface area contributed by atoms with E-state index in [9.17, 15) is 19.3 Å². The van der Waals surface area contributed by atoms with Crippen LogP contribution in [0.25, 0.3) is 0 Å². The number of carbonyl (C=O) groups is 1. The monoisotopic (exact) mass is 291 g/mol. The summed E-state index contributed by atoms with van der Waals surface area (Å²) in [6.45, 7) is 0. The number of anilines is 2. The second-order valence-corrected chi connectivity index (χ2v) is 3.93. The molecule has 1 amide bonds. The molecule has 0 aliphatic rings. The standard InChI is InChI=1S/C12H10FN5O3/c1-14-11-5-3-9(16-17-11)12(19)15-7-2-4-10(18(20)21)8(13)6-7/h2-6H,1H3,(H,14,17)(H,15,19). The molecule has 0 spiro atoms. The number of aromatic nitrogens is 2. The molecule has 0 saturated carbocycles. The Bertz CT molecular complexity index is 690. The van der Waals surface area contributed by atoms with Gasteiger partial charge in [0.15, 0.2) is 5.69 Å². The van der Waals surface area contributed by atoms with Gasteiger partial charge in [-0.1, -0.05) is 0 Å². The molecule has 108 valence electrons. The number of nitro groups is 1. The largest absolute Gasteiger partial charge is 0.372 e. The Labute approximate surface area is 118 Å². The van der Waals surface area contributed by atoms with E-state index < -0.39 is 22.3 Å². The molecule has 0 aliphatic carbocycles. The van der Waals surface area contributed by atoms with Crippen LogP contribution in [0, 0.1) is 15.9 Å². The van der Waals surface area contributed by atoms with Crippen molar-refractivity contribution in [2.24, 2.45) is 0 Å². The van der Waals surface area contributed by atoms with Gasteiger partial charge in [-0.25, -0.2) is 0 Å². The average molecular weight is 291 g/mol. The van der Waals surface area contributed by atoms with Gasteiger partial charge in [-0.15, -0.1) is 10.2 Å². The Balaban J connectivity index is 2.15. The van der Waals surface area contributed by atoms with Gasteiger partial charge in [0.05, 0.1) is 4.92 Å². The molecule has 9 heteroatoms. The van der Waals surface area contributed by atoms with Crippen LogP contribution in [0.1, 0.15) is 10.5 Å². The zero-order valence-electron chi connectivity index (χ0n) is 10.8. The highest BCUT2D eigenvalue weighted by atomic mass is 19.1. The fourth-order valence-corrected chi connectivity index (χ4v) is 1.51. The van der Waals surface area contributed by atoms with Crippen LogP contribution >= 0.6 is 0 Å². The molecule has 1 aromatic heterocycles. The number of amides is 1. The molecule has 0 atom stereocenters. The molecule has 21 heavy (non-hydrogen) atoms. The number of nitro benzene ring substituents is 1. The molecule has 1 aromatic carbocycles. The zero-order valence-corrected chi connectivity index (χ0v) is 10.8. The highest BCUT2D eigenvalue weighted by Crippen LogP contribution is 2.21. The van der Waals surface area contributed by atoms with E-state index in [0.29, 0.717) is 5.82 Å². The van der Waals surface area contributed by atoms with E-state index in [2.05, 4.69) is 20.8 Å². The van der Waals surface area contributed by atoms with Gasteiger partial charge in [0.2, 0.25) is 5.82 Å². The van der Waals surface area contributed by atoms with E-state index in [1.165, 1.54) is 12.1 Å².